The minimum atomic E-state index is -0.521. The molecule has 1 unspecified atom stereocenters. The Morgan fingerprint density at radius 2 is 1.78 bits per heavy atom. The van der Waals surface area contributed by atoms with E-state index < -0.39 is 6.04 Å². The van der Waals surface area contributed by atoms with E-state index in [4.69, 9.17) is 11.6 Å². The molecule has 2 rings (SSSR count). The largest absolute Gasteiger partial charge is 0.354 e. The van der Waals surface area contributed by atoms with Crippen LogP contribution in [0.3, 0.4) is 0 Å². The van der Waals surface area contributed by atoms with Gasteiger partial charge >= 0.3 is 0 Å². The number of hydrogen-bond donors (Lipinski definition) is 1. The predicted molar refractivity (Wildman–Crippen MR) is 110 cm³/mol. The van der Waals surface area contributed by atoms with Crippen LogP contribution in [0.4, 0.5) is 0 Å². The van der Waals surface area contributed by atoms with Gasteiger partial charge in [0, 0.05) is 18.1 Å². The minimum Gasteiger partial charge on any atom is -0.354 e. The number of nitrogens with zero attached hydrogens (tertiary/aromatic N) is 1. The van der Waals surface area contributed by atoms with Crippen molar-refractivity contribution in [2.45, 2.75) is 39.2 Å². The smallest absolute Gasteiger partial charge is 0.242 e. The predicted octanol–water partition coefficient (Wildman–Crippen LogP) is 3.87. The van der Waals surface area contributed by atoms with Crippen molar-refractivity contribution in [3.8, 4) is 0 Å². The Kier molecular flexibility index (Phi) is 8.34. The van der Waals surface area contributed by atoms with E-state index in [2.05, 4.69) is 5.32 Å². The number of amides is 2. The molecule has 1 N–H and O–H groups in total. The number of hydrogen-bond acceptors (Lipinski definition) is 2. The Hall–Kier alpha value is -2.33. The number of nitrogens with one attached hydrogen (secondary N) is 1. The summed E-state index contributed by atoms with van der Waals surface area (Å²) in [6.45, 7) is 4.89. The molecule has 27 heavy (non-hydrogen) atoms. The molecule has 2 aromatic carbocycles. The summed E-state index contributed by atoms with van der Waals surface area (Å²) in [6, 6.07) is 16.7. The molecule has 0 radical (unpaired) electrons. The normalized spacial score (nSPS) is 11.7. The maximum atomic E-state index is 13.0. The summed E-state index contributed by atoms with van der Waals surface area (Å²) in [5.74, 6) is -0.197. The van der Waals surface area contributed by atoms with Gasteiger partial charge in [-0.25, -0.2) is 0 Å². The van der Waals surface area contributed by atoms with Crippen LogP contribution in [0.5, 0.6) is 0 Å². The second kappa shape index (κ2) is 10.7. The topological polar surface area (TPSA) is 49.4 Å². The number of rotatable bonds is 9. The highest BCUT2D eigenvalue weighted by molar-refractivity contribution is 6.30. The number of benzene rings is 2. The first-order valence-corrected chi connectivity index (χ1v) is 9.74. The van der Waals surface area contributed by atoms with Crippen LogP contribution >= 0.6 is 11.6 Å². The minimum absolute atomic E-state index is 0.0765. The second-order valence-corrected chi connectivity index (χ2v) is 7.03. The van der Waals surface area contributed by atoms with Crippen LogP contribution in [-0.2, 0) is 22.4 Å². The molecule has 0 aliphatic rings. The van der Waals surface area contributed by atoms with Crippen molar-refractivity contribution in [3.05, 3.63) is 70.7 Å². The third-order valence-electron chi connectivity index (χ3n) is 4.45. The van der Waals surface area contributed by atoms with Crippen molar-refractivity contribution in [1.82, 2.24) is 10.2 Å². The summed E-state index contributed by atoms with van der Waals surface area (Å²) >= 11 is 6.03. The van der Waals surface area contributed by atoms with Crippen molar-refractivity contribution < 1.29 is 9.59 Å². The van der Waals surface area contributed by atoms with E-state index in [1.54, 1.807) is 24.0 Å². The lowest BCUT2D eigenvalue weighted by Gasteiger charge is -2.29. The summed E-state index contributed by atoms with van der Waals surface area (Å²) in [6.07, 6.45) is 1.78. The van der Waals surface area contributed by atoms with Gasteiger partial charge in [0.25, 0.3) is 0 Å². The molecular formula is C22H27ClN2O2. The Morgan fingerprint density at radius 1 is 1.07 bits per heavy atom. The molecule has 5 heteroatoms. The number of halogens is 1. The zero-order valence-corrected chi connectivity index (χ0v) is 16.7. The third-order valence-corrected chi connectivity index (χ3v) is 4.68. The summed E-state index contributed by atoms with van der Waals surface area (Å²) in [5.41, 5.74) is 1.98. The van der Waals surface area contributed by atoms with Gasteiger partial charge < -0.3 is 10.2 Å². The maximum absolute atomic E-state index is 13.0. The average Bonchev–Trinajstić information content (AvgIpc) is 2.67. The molecule has 0 aliphatic heterocycles. The summed E-state index contributed by atoms with van der Waals surface area (Å²) in [7, 11) is 0. The molecule has 0 fully saturated rings. The Balaban J connectivity index is 2.11. The first-order chi connectivity index (χ1) is 13.0. The van der Waals surface area contributed by atoms with E-state index in [-0.39, 0.29) is 18.2 Å². The molecule has 1 atom stereocenters. The summed E-state index contributed by atoms with van der Waals surface area (Å²) in [5, 5.41) is 3.49. The van der Waals surface area contributed by atoms with Gasteiger partial charge in [-0.3, -0.25) is 9.59 Å². The molecule has 2 aromatic rings. The van der Waals surface area contributed by atoms with Crippen LogP contribution in [0, 0.1) is 0 Å². The van der Waals surface area contributed by atoms with Crippen molar-refractivity contribution in [3.63, 3.8) is 0 Å². The van der Waals surface area contributed by atoms with Crippen LogP contribution in [0.1, 0.15) is 31.4 Å². The lowest BCUT2D eigenvalue weighted by molar-refractivity contribution is -0.139. The number of carbonyl (C=O) groups is 2. The van der Waals surface area contributed by atoms with E-state index in [0.29, 0.717) is 24.5 Å². The highest BCUT2D eigenvalue weighted by Crippen LogP contribution is 2.14. The van der Waals surface area contributed by atoms with Gasteiger partial charge in [0.2, 0.25) is 11.8 Å². The monoisotopic (exact) mass is 386 g/mol. The molecule has 0 spiro atoms. The molecule has 0 saturated carbocycles. The van der Waals surface area contributed by atoms with E-state index in [0.717, 1.165) is 17.5 Å². The zero-order chi connectivity index (χ0) is 19.6. The fraction of sp³-hybridized carbons (Fsp3) is 0.364. The molecular weight excluding hydrogens is 360 g/mol. The van der Waals surface area contributed by atoms with Crippen LogP contribution in [0.15, 0.2) is 54.6 Å². The zero-order valence-electron chi connectivity index (χ0n) is 16.0. The highest BCUT2D eigenvalue weighted by atomic mass is 35.5. The van der Waals surface area contributed by atoms with E-state index in [1.807, 2.05) is 49.4 Å². The van der Waals surface area contributed by atoms with E-state index >= 15 is 0 Å². The summed E-state index contributed by atoms with van der Waals surface area (Å²) < 4.78 is 0. The molecule has 0 aromatic heterocycles. The average molecular weight is 387 g/mol. The molecule has 0 saturated heterocycles. The fourth-order valence-corrected chi connectivity index (χ4v) is 3.10. The summed E-state index contributed by atoms with van der Waals surface area (Å²) in [4.78, 5) is 27.1. The molecule has 0 bridgehead atoms. The third kappa shape index (κ3) is 6.72. The highest BCUT2D eigenvalue weighted by Gasteiger charge is 2.25. The van der Waals surface area contributed by atoms with Gasteiger partial charge in [-0.05, 0) is 43.0 Å². The van der Waals surface area contributed by atoms with Gasteiger partial charge in [0.1, 0.15) is 6.04 Å². The van der Waals surface area contributed by atoms with E-state index in [9.17, 15) is 9.59 Å². The van der Waals surface area contributed by atoms with Crippen LogP contribution in [-0.4, -0.2) is 35.8 Å². The van der Waals surface area contributed by atoms with Gasteiger partial charge in [0.05, 0.1) is 6.42 Å². The quantitative estimate of drug-likeness (QED) is 0.711. The van der Waals surface area contributed by atoms with Gasteiger partial charge in [-0.2, -0.15) is 0 Å². The SMILES string of the molecule is CCCNC(=O)C(C)N(CCc1ccccc1)C(=O)Cc1cccc(Cl)c1. The Morgan fingerprint density at radius 3 is 2.44 bits per heavy atom. The Bertz CT molecular complexity index is 749. The van der Waals surface area contributed by atoms with Crippen molar-refractivity contribution in [1.29, 1.82) is 0 Å². The molecule has 4 nitrogen and oxygen atoms in total. The second-order valence-electron chi connectivity index (χ2n) is 6.60. The first-order valence-electron chi connectivity index (χ1n) is 9.36. The van der Waals surface area contributed by atoms with Crippen LogP contribution in [0.25, 0.3) is 0 Å². The van der Waals surface area contributed by atoms with Gasteiger partial charge in [0.15, 0.2) is 0 Å². The number of carbonyl (C=O) groups excluding carboxylic acids is 2. The van der Waals surface area contributed by atoms with Crippen molar-refractivity contribution >= 4 is 23.4 Å². The van der Waals surface area contributed by atoms with Gasteiger partial charge in [-0.15, -0.1) is 0 Å². The van der Waals surface area contributed by atoms with Crippen LogP contribution < -0.4 is 5.32 Å². The van der Waals surface area contributed by atoms with Gasteiger partial charge in [-0.1, -0.05) is 61.0 Å². The maximum Gasteiger partial charge on any atom is 0.242 e. The lowest BCUT2D eigenvalue weighted by atomic mass is 10.1. The van der Waals surface area contributed by atoms with E-state index in [1.165, 1.54) is 0 Å². The lowest BCUT2D eigenvalue weighted by Crippen LogP contribution is -2.49. The van der Waals surface area contributed by atoms with Crippen molar-refractivity contribution in [2.75, 3.05) is 13.1 Å². The Labute approximate surface area is 166 Å². The first kappa shape index (κ1) is 21.0. The molecule has 0 heterocycles. The van der Waals surface area contributed by atoms with Crippen LogP contribution in [0.2, 0.25) is 5.02 Å². The molecule has 144 valence electrons. The molecule has 0 aliphatic carbocycles. The fourth-order valence-electron chi connectivity index (χ4n) is 2.89. The van der Waals surface area contributed by atoms with Crippen molar-refractivity contribution in [2.24, 2.45) is 0 Å². The standard InChI is InChI=1S/C22H27ClN2O2/c1-3-13-24-22(27)17(2)25(14-12-18-8-5-4-6-9-18)21(26)16-19-10-7-11-20(23)15-19/h4-11,15,17H,3,12-14,16H2,1-2H3,(H,24,27). The molecule has 2 amide bonds.